The Balaban J connectivity index is 2.39. The van der Waals surface area contributed by atoms with Crippen molar-refractivity contribution < 1.29 is 4.79 Å². The third-order valence-corrected chi connectivity index (χ3v) is 2.09. The minimum absolute atomic E-state index is 0.190. The number of carbonyl (C=O) groups excluding carboxylic acids is 1. The lowest BCUT2D eigenvalue weighted by Gasteiger charge is -2.09. The molecule has 1 fully saturated rings. The van der Waals surface area contributed by atoms with Crippen LogP contribution in [-0.4, -0.2) is 29.0 Å². The van der Waals surface area contributed by atoms with E-state index in [9.17, 15) is 4.79 Å². The third-order valence-electron chi connectivity index (χ3n) is 1.19. The number of hydrogen-bond donors (Lipinski definition) is 0. The van der Waals surface area contributed by atoms with Gasteiger partial charge in [0, 0.05) is 18.8 Å². The highest BCUT2D eigenvalue weighted by atomic mass is 32.2. The molecule has 0 aromatic heterocycles. The van der Waals surface area contributed by atoms with Crippen LogP contribution in [0.1, 0.15) is 0 Å². The Kier molecular flexibility index (Phi) is 2.16. The Bertz CT molecular complexity index is 135. The third kappa shape index (κ3) is 1.48. The standard InChI is InChI=1S/C6H9NOS/c1-2-3-7-4-5-9-6(7)8/h2H,1,3-5H2. The van der Waals surface area contributed by atoms with Crippen molar-refractivity contribution in [3.63, 3.8) is 0 Å². The Hall–Kier alpha value is -0.440. The van der Waals surface area contributed by atoms with E-state index in [0.29, 0.717) is 6.54 Å². The second-order valence-electron chi connectivity index (χ2n) is 1.85. The van der Waals surface area contributed by atoms with Crippen molar-refractivity contribution in [1.82, 2.24) is 4.90 Å². The van der Waals surface area contributed by atoms with Gasteiger partial charge < -0.3 is 4.90 Å². The first-order chi connectivity index (χ1) is 4.34. The molecule has 0 saturated carbocycles. The molecule has 1 saturated heterocycles. The fourth-order valence-electron chi connectivity index (χ4n) is 0.747. The van der Waals surface area contributed by atoms with Gasteiger partial charge in [0.05, 0.1) is 0 Å². The maximum absolute atomic E-state index is 10.8. The highest BCUT2D eigenvalue weighted by Gasteiger charge is 2.18. The van der Waals surface area contributed by atoms with Gasteiger partial charge in [-0.15, -0.1) is 6.58 Å². The second kappa shape index (κ2) is 2.92. The topological polar surface area (TPSA) is 20.3 Å². The van der Waals surface area contributed by atoms with Crippen LogP contribution in [0.3, 0.4) is 0 Å². The van der Waals surface area contributed by atoms with Gasteiger partial charge >= 0.3 is 0 Å². The van der Waals surface area contributed by atoms with Gasteiger partial charge in [0.1, 0.15) is 0 Å². The minimum Gasteiger partial charge on any atom is -0.329 e. The summed E-state index contributed by atoms with van der Waals surface area (Å²) in [6, 6.07) is 0. The van der Waals surface area contributed by atoms with Crippen LogP contribution < -0.4 is 0 Å². The van der Waals surface area contributed by atoms with Gasteiger partial charge in [-0.25, -0.2) is 0 Å². The van der Waals surface area contributed by atoms with Crippen LogP contribution in [0, 0.1) is 0 Å². The van der Waals surface area contributed by atoms with Gasteiger partial charge in [-0.2, -0.15) is 0 Å². The van der Waals surface area contributed by atoms with Crippen molar-refractivity contribution in [2.24, 2.45) is 0 Å². The summed E-state index contributed by atoms with van der Waals surface area (Å²) in [6.07, 6.45) is 1.75. The van der Waals surface area contributed by atoms with E-state index in [4.69, 9.17) is 0 Å². The number of thioether (sulfide) groups is 1. The lowest BCUT2D eigenvalue weighted by atomic mass is 10.5. The summed E-state index contributed by atoms with van der Waals surface area (Å²) in [5, 5.41) is 0.190. The van der Waals surface area contributed by atoms with Crippen LogP contribution in [0.25, 0.3) is 0 Å². The molecule has 0 atom stereocenters. The molecule has 1 aliphatic heterocycles. The molecular formula is C6H9NOS. The summed E-state index contributed by atoms with van der Waals surface area (Å²) in [4.78, 5) is 12.6. The zero-order chi connectivity index (χ0) is 6.69. The zero-order valence-electron chi connectivity index (χ0n) is 5.17. The summed E-state index contributed by atoms with van der Waals surface area (Å²) in [5.41, 5.74) is 0. The summed E-state index contributed by atoms with van der Waals surface area (Å²) < 4.78 is 0. The molecule has 0 aliphatic carbocycles. The lowest BCUT2D eigenvalue weighted by Crippen LogP contribution is -2.22. The molecular weight excluding hydrogens is 134 g/mol. The maximum atomic E-state index is 10.8. The summed E-state index contributed by atoms with van der Waals surface area (Å²) >= 11 is 1.38. The van der Waals surface area contributed by atoms with E-state index in [1.807, 2.05) is 0 Å². The Morgan fingerprint density at radius 1 is 1.89 bits per heavy atom. The molecule has 0 aromatic rings. The van der Waals surface area contributed by atoms with Crippen LogP contribution in [0.15, 0.2) is 12.7 Å². The number of hydrogen-bond acceptors (Lipinski definition) is 2. The molecule has 9 heavy (non-hydrogen) atoms. The Labute approximate surface area is 58.9 Å². The quantitative estimate of drug-likeness (QED) is 0.544. The van der Waals surface area contributed by atoms with E-state index in [0.717, 1.165) is 12.3 Å². The highest BCUT2D eigenvalue weighted by molar-refractivity contribution is 8.13. The zero-order valence-corrected chi connectivity index (χ0v) is 5.99. The summed E-state index contributed by atoms with van der Waals surface area (Å²) in [5.74, 6) is 0.937. The maximum Gasteiger partial charge on any atom is 0.282 e. The average Bonchev–Trinajstić information content (AvgIpc) is 2.18. The Morgan fingerprint density at radius 3 is 3.11 bits per heavy atom. The molecule has 0 spiro atoms. The van der Waals surface area contributed by atoms with Crippen molar-refractivity contribution in [2.75, 3.05) is 18.8 Å². The molecule has 1 heterocycles. The molecule has 2 nitrogen and oxygen atoms in total. The first-order valence-corrected chi connectivity index (χ1v) is 3.86. The number of rotatable bonds is 2. The van der Waals surface area contributed by atoms with E-state index < -0.39 is 0 Å². The van der Waals surface area contributed by atoms with Crippen LogP contribution in [0.4, 0.5) is 4.79 Å². The number of carbonyl (C=O) groups is 1. The van der Waals surface area contributed by atoms with Crippen molar-refractivity contribution >= 4 is 17.0 Å². The molecule has 0 bridgehead atoms. The normalized spacial score (nSPS) is 18.7. The van der Waals surface area contributed by atoms with Gasteiger partial charge in [-0.1, -0.05) is 17.8 Å². The van der Waals surface area contributed by atoms with Gasteiger partial charge in [-0.3, -0.25) is 4.79 Å². The molecule has 0 N–H and O–H groups in total. The van der Waals surface area contributed by atoms with Crippen LogP contribution >= 0.6 is 11.8 Å². The molecule has 1 rings (SSSR count). The van der Waals surface area contributed by atoms with Crippen molar-refractivity contribution in [3.05, 3.63) is 12.7 Å². The van der Waals surface area contributed by atoms with Gasteiger partial charge in [-0.05, 0) is 0 Å². The molecule has 0 radical (unpaired) electrons. The van der Waals surface area contributed by atoms with Crippen molar-refractivity contribution in [1.29, 1.82) is 0 Å². The van der Waals surface area contributed by atoms with E-state index >= 15 is 0 Å². The van der Waals surface area contributed by atoms with Gasteiger partial charge in [0.2, 0.25) is 0 Å². The first-order valence-electron chi connectivity index (χ1n) is 2.87. The number of amides is 1. The van der Waals surface area contributed by atoms with E-state index in [1.165, 1.54) is 11.8 Å². The predicted octanol–water partition coefficient (Wildman–Crippen LogP) is 1.34. The van der Waals surface area contributed by atoms with Gasteiger partial charge in [0.15, 0.2) is 0 Å². The molecule has 0 unspecified atom stereocenters. The van der Waals surface area contributed by atoms with Crippen molar-refractivity contribution in [3.8, 4) is 0 Å². The minimum atomic E-state index is 0.190. The van der Waals surface area contributed by atoms with E-state index in [1.54, 1.807) is 11.0 Å². The number of nitrogens with zero attached hydrogens (tertiary/aromatic N) is 1. The average molecular weight is 143 g/mol. The molecule has 1 aliphatic rings. The Morgan fingerprint density at radius 2 is 2.67 bits per heavy atom. The molecule has 1 amide bonds. The highest BCUT2D eigenvalue weighted by Crippen LogP contribution is 2.16. The van der Waals surface area contributed by atoms with Crippen LogP contribution in [-0.2, 0) is 0 Å². The predicted molar refractivity (Wildman–Crippen MR) is 39.6 cm³/mol. The summed E-state index contributed by atoms with van der Waals surface area (Å²) in [6.45, 7) is 5.14. The molecule has 3 heteroatoms. The summed E-state index contributed by atoms with van der Waals surface area (Å²) in [7, 11) is 0. The first kappa shape index (κ1) is 6.68. The van der Waals surface area contributed by atoms with Crippen LogP contribution in [0.5, 0.6) is 0 Å². The fourth-order valence-corrected chi connectivity index (χ4v) is 1.58. The lowest BCUT2D eigenvalue weighted by molar-refractivity contribution is 0.234. The fraction of sp³-hybridized carbons (Fsp3) is 0.500. The van der Waals surface area contributed by atoms with Crippen molar-refractivity contribution in [2.45, 2.75) is 0 Å². The van der Waals surface area contributed by atoms with Gasteiger partial charge in [0.25, 0.3) is 5.24 Å². The molecule has 50 valence electrons. The molecule has 0 aromatic carbocycles. The van der Waals surface area contributed by atoms with E-state index in [2.05, 4.69) is 6.58 Å². The SMILES string of the molecule is C=CCN1CCSC1=O. The monoisotopic (exact) mass is 143 g/mol. The largest absolute Gasteiger partial charge is 0.329 e. The van der Waals surface area contributed by atoms with E-state index in [-0.39, 0.29) is 5.24 Å². The second-order valence-corrected chi connectivity index (χ2v) is 2.90. The smallest absolute Gasteiger partial charge is 0.282 e. The van der Waals surface area contributed by atoms with Crippen LogP contribution in [0.2, 0.25) is 0 Å².